The lowest BCUT2D eigenvalue weighted by Gasteiger charge is -2.21. The van der Waals surface area contributed by atoms with Gasteiger partial charge in [0.05, 0.1) is 6.10 Å². The van der Waals surface area contributed by atoms with Crippen LogP contribution in [0.2, 0.25) is 0 Å². The molecule has 7 heteroatoms. The smallest absolute Gasteiger partial charge is 0.326 e. The fourth-order valence-corrected chi connectivity index (χ4v) is 2.50. The van der Waals surface area contributed by atoms with Crippen molar-refractivity contribution in [3.05, 3.63) is 28.7 Å². The van der Waals surface area contributed by atoms with Crippen molar-refractivity contribution in [3.8, 4) is 5.75 Å². The predicted molar refractivity (Wildman–Crippen MR) is 78.2 cm³/mol. The zero-order valence-electron chi connectivity index (χ0n) is 11.5. The number of carboxylic acids is 1. The predicted octanol–water partition coefficient (Wildman–Crippen LogP) is 1.53. The summed E-state index contributed by atoms with van der Waals surface area (Å²) in [6.45, 7) is 0.0812. The van der Waals surface area contributed by atoms with E-state index in [2.05, 4.69) is 15.9 Å². The largest absolute Gasteiger partial charge is 0.484 e. The lowest BCUT2D eigenvalue weighted by Crippen LogP contribution is -2.43. The van der Waals surface area contributed by atoms with Gasteiger partial charge in [-0.05, 0) is 24.3 Å². The normalized spacial score (nSPS) is 21.3. The third-order valence-electron chi connectivity index (χ3n) is 3.38. The molecule has 21 heavy (non-hydrogen) atoms. The van der Waals surface area contributed by atoms with Crippen molar-refractivity contribution in [2.75, 3.05) is 20.3 Å². The fraction of sp³-hybridized carbons (Fsp3) is 0.429. The fourth-order valence-electron chi connectivity index (χ4n) is 2.24. The van der Waals surface area contributed by atoms with Gasteiger partial charge in [0.1, 0.15) is 11.8 Å². The summed E-state index contributed by atoms with van der Waals surface area (Å²) in [6.07, 6.45) is 0.0540. The van der Waals surface area contributed by atoms with Crippen molar-refractivity contribution in [1.29, 1.82) is 0 Å². The number of rotatable bonds is 5. The molecular weight excluding hydrogens is 342 g/mol. The molecule has 1 heterocycles. The molecule has 1 aliphatic rings. The van der Waals surface area contributed by atoms with E-state index < -0.39 is 12.0 Å². The van der Waals surface area contributed by atoms with Crippen molar-refractivity contribution < 1.29 is 24.2 Å². The highest BCUT2D eigenvalue weighted by molar-refractivity contribution is 9.10. The number of hydrogen-bond donors (Lipinski definition) is 1. The molecule has 1 aromatic rings. The Morgan fingerprint density at radius 3 is 2.62 bits per heavy atom. The highest BCUT2D eigenvalue weighted by Crippen LogP contribution is 2.21. The second-order valence-electron chi connectivity index (χ2n) is 4.74. The summed E-state index contributed by atoms with van der Waals surface area (Å²) in [5.74, 6) is -0.822. The molecule has 0 aromatic heterocycles. The minimum atomic E-state index is -1.02. The van der Waals surface area contributed by atoms with Crippen molar-refractivity contribution >= 4 is 27.8 Å². The van der Waals surface area contributed by atoms with E-state index in [1.54, 1.807) is 24.3 Å². The molecule has 0 spiro atoms. The van der Waals surface area contributed by atoms with Crippen LogP contribution in [0.25, 0.3) is 0 Å². The van der Waals surface area contributed by atoms with E-state index >= 15 is 0 Å². The average molecular weight is 358 g/mol. The van der Waals surface area contributed by atoms with Gasteiger partial charge in [0.15, 0.2) is 6.61 Å². The third kappa shape index (κ3) is 3.95. The van der Waals surface area contributed by atoms with Gasteiger partial charge in [-0.3, -0.25) is 4.79 Å². The Labute approximate surface area is 130 Å². The number of amides is 1. The van der Waals surface area contributed by atoms with Crippen molar-refractivity contribution in [2.24, 2.45) is 0 Å². The molecule has 114 valence electrons. The van der Waals surface area contributed by atoms with Crippen molar-refractivity contribution in [2.45, 2.75) is 18.6 Å². The molecule has 1 fully saturated rings. The highest BCUT2D eigenvalue weighted by Gasteiger charge is 2.39. The summed E-state index contributed by atoms with van der Waals surface area (Å²) < 4.78 is 11.4. The first-order valence-electron chi connectivity index (χ1n) is 6.44. The third-order valence-corrected chi connectivity index (χ3v) is 3.91. The monoisotopic (exact) mass is 357 g/mol. The molecule has 2 rings (SSSR count). The number of carboxylic acid groups (broad SMARTS) is 1. The van der Waals surface area contributed by atoms with Gasteiger partial charge in [-0.25, -0.2) is 4.79 Å². The number of benzene rings is 1. The Kier molecular flexibility index (Phi) is 5.19. The van der Waals surface area contributed by atoms with Gasteiger partial charge in [0.2, 0.25) is 0 Å². The Morgan fingerprint density at radius 1 is 1.38 bits per heavy atom. The minimum Gasteiger partial charge on any atom is -0.484 e. The number of carbonyl (C=O) groups is 2. The van der Waals surface area contributed by atoms with Crippen molar-refractivity contribution in [3.63, 3.8) is 0 Å². The molecule has 0 radical (unpaired) electrons. The molecule has 1 N–H and O–H groups in total. The lowest BCUT2D eigenvalue weighted by atomic mass is 10.2. The first kappa shape index (κ1) is 15.8. The first-order chi connectivity index (χ1) is 10.0. The topological polar surface area (TPSA) is 76.1 Å². The Morgan fingerprint density at radius 2 is 2.05 bits per heavy atom. The van der Waals surface area contributed by atoms with Crippen LogP contribution in [0.4, 0.5) is 0 Å². The SMILES string of the molecule is COC1CC(C(=O)O)N(C(=O)COc2ccc(Br)cc2)C1. The second-order valence-corrected chi connectivity index (χ2v) is 5.65. The van der Waals surface area contributed by atoms with Crippen LogP contribution in [0.15, 0.2) is 28.7 Å². The van der Waals surface area contributed by atoms with Crippen LogP contribution in [0.5, 0.6) is 5.75 Å². The average Bonchev–Trinajstić information content (AvgIpc) is 2.91. The van der Waals surface area contributed by atoms with Gasteiger partial charge in [-0.15, -0.1) is 0 Å². The summed E-state index contributed by atoms with van der Waals surface area (Å²) in [5.41, 5.74) is 0. The van der Waals surface area contributed by atoms with Crippen LogP contribution >= 0.6 is 15.9 Å². The number of halogens is 1. The molecule has 0 saturated carbocycles. The molecule has 1 aliphatic heterocycles. The molecule has 0 aliphatic carbocycles. The van der Waals surface area contributed by atoms with Crippen LogP contribution < -0.4 is 4.74 Å². The van der Waals surface area contributed by atoms with E-state index in [0.29, 0.717) is 12.2 Å². The molecule has 6 nitrogen and oxygen atoms in total. The molecular formula is C14H16BrNO5. The zero-order valence-corrected chi connectivity index (χ0v) is 13.1. The summed E-state index contributed by atoms with van der Waals surface area (Å²) in [4.78, 5) is 24.6. The Balaban J connectivity index is 1.95. The minimum absolute atomic E-state index is 0.193. The maximum Gasteiger partial charge on any atom is 0.326 e. The Bertz CT molecular complexity index is 519. The van der Waals surface area contributed by atoms with Crippen LogP contribution in [0, 0.1) is 0 Å². The number of nitrogens with zero attached hydrogens (tertiary/aromatic N) is 1. The van der Waals surface area contributed by atoms with Crippen LogP contribution in [0.3, 0.4) is 0 Å². The molecule has 2 atom stereocenters. The number of carbonyl (C=O) groups excluding carboxylic acids is 1. The lowest BCUT2D eigenvalue weighted by molar-refractivity contribution is -0.148. The highest BCUT2D eigenvalue weighted by atomic mass is 79.9. The molecule has 1 saturated heterocycles. The number of aliphatic carboxylic acids is 1. The van der Waals surface area contributed by atoms with Gasteiger partial charge < -0.3 is 19.5 Å². The summed E-state index contributed by atoms with van der Waals surface area (Å²) >= 11 is 3.31. The molecule has 2 unspecified atom stereocenters. The zero-order chi connectivity index (χ0) is 15.4. The standard InChI is InChI=1S/C14H16BrNO5/c1-20-11-6-12(14(18)19)16(7-11)13(17)8-21-10-4-2-9(15)3-5-10/h2-5,11-12H,6-8H2,1H3,(H,18,19). The van der Waals surface area contributed by atoms with E-state index in [9.17, 15) is 9.59 Å². The molecule has 0 bridgehead atoms. The van der Waals surface area contributed by atoms with Gasteiger partial charge in [0, 0.05) is 24.5 Å². The summed E-state index contributed by atoms with van der Waals surface area (Å²) in [5, 5.41) is 9.17. The number of likely N-dealkylation sites (tertiary alicyclic amines) is 1. The van der Waals surface area contributed by atoms with Crippen LogP contribution in [0.1, 0.15) is 6.42 Å². The maximum absolute atomic E-state index is 12.1. The quantitative estimate of drug-likeness (QED) is 0.864. The van der Waals surface area contributed by atoms with Crippen molar-refractivity contribution in [1.82, 2.24) is 4.90 Å². The van der Waals surface area contributed by atoms with Crippen LogP contribution in [-0.2, 0) is 14.3 Å². The van der Waals surface area contributed by atoms with Crippen LogP contribution in [-0.4, -0.2) is 54.3 Å². The van der Waals surface area contributed by atoms with Gasteiger partial charge >= 0.3 is 5.97 Å². The number of ether oxygens (including phenoxy) is 2. The van der Waals surface area contributed by atoms with E-state index in [4.69, 9.17) is 14.6 Å². The second kappa shape index (κ2) is 6.91. The van der Waals surface area contributed by atoms with E-state index in [-0.39, 0.29) is 25.2 Å². The molecule has 1 amide bonds. The molecule has 1 aromatic carbocycles. The summed E-state index contributed by atoms with van der Waals surface area (Å²) in [6, 6.07) is 6.21. The van der Waals surface area contributed by atoms with Gasteiger partial charge in [0.25, 0.3) is 5.91 Å². The van der Waals surface area contributed by atoms with Gasteiger partial charge in [-0.2, -0.15) is 0 Å². The first-order valence-corrected chi connectivity index (χ1v) is 7.24. The summed E-state index contributed by atoms with van der Waals surface area (Å²) in [7, 11) is 1.51. The van der Waals surface area contributed by atoms with Gasteiger partial charge in [-0.1, -0.05) is 15.9 Å². The Hall–Kier alpha value is -1.60. The van der Waals surface area contributed by atoms with E-state index in [0.717, 1.165) is 4.47 Å². The van der Waals surface area contributed by atoms with E-state index in [1.165, 1.54) is 12.0 Å². The number of methoxy groups -OCH3 is 1. The van der Waals surface area contributed by atoms with E-state index in [1.807, 2.05) is 0 Å². The maximum atomic E-state index is 12.1. The number of hydrogen-bond acceptors (Lipinski definition) is 4.